The quantitative estimate of drug-likeness (QED) is 0.0321. The van der Waals surface area contributed by atoms with Crippen LogP contribution >= 0.6 is 0 Å². The van der Waals surface area contributed by atoms with Gasteiger partial charge >= 0.3 is 5.97 Å². The second-order valence-electron chi connectivity index (χ2n) is 21.7. The van der Waals surface area contributed by atoms with Crippen molar-refractivity contribution in [2.45, 2.75) is 353 Å². The van der Waals surface area contributed by atoms with Crippen LogP contribution in [0.5, 0.6) is 0 Å². The maximum Gasteiger partial charge on any atom is 0.305 e. The second kappa shape index (κ2) is 60.6. The summed E-state index contributed by atoms with van der Waals surface area (Å²) >= 11 is 0. The van der Waals surface area contributed by atoms with Crippen molar-refractivity contribution in [3.8, 4) is 0 Å². The molecule has 0 saturated carbocycles. The summed E-state index contributed by atoms with van der Waals surface area (Å²) in [7, 11) is 0. The minimum absolute atomic E-state index is 0.00521. The number of rotatable bonds is 59. The number of aliphatic hydroxyl groups is 2. The molecule has 0 aromatic rings. The van der Waals surface area contributed by atoms with Gasteiger partial charge in [0.25, 0.3) is 0 Å². The molecular weight excluding hydrogens is 875 g/mol. The number of carbonyl (C=O) groups is 2. The van der Waals surface area contributed by atoms with Crippen molar-refractivity contribution in [1.29, 1.82) is 0 Å². The van der Waals surface area contributed by atoms with Gasteiger partial charge in [0, 0.05) is 12.8 Å². The van der Waals surface area contributed by atoms with E-state index in [1.165, 1.54) is 263 Å². The van der Waals surface area contributed by atoms with E-state index in [9.17, 15) is 19.8 Å². The molecule has 0 aromatic carbocycles. The molecule has 2 unspecified atom stereocenters. The van der Waals surface area contributed by atoms with Gasteiger partial charge in [0.1, 0.15) is 0 Å². The summed E-state index contributed by atoms with van der Waals surface area (Å²) in [6.45, 7) is 4.85. The number of allylic oxidation sites excluding steroid dienone is 5. The van der Waals surface area contributed by atoms with Crippen LogP contribution in [0.3, 0.4) is 0 Å². The molecule has 71 heavy (non-hydrogen) atoms. The van der Waals surface area contributed by atoms with Crippen molar-refractivity contribution >= 4 is 11.9 Å². The summed E-state index contributed by atoms with van der Waals surface area (Å²) in [5, 5.41) is 23.2. The molecule has 6 nitrogen and oxygen atoms in total. The Hall–Kier alpha value is -1.92. The molecule has 0 aromatic heterocycles. The van der Waals surface area contributed by atoms with Gasteiger partial charge in [0.15, 0.2) is 0 Å². The fourth-order valence-corrected chi connectivity index (χ4v) is 9.79. The third kappa shape index (κ3) is 57.2. The highest BCUT2D eigenvalue weighted by Crippen LogP contribution is 2.18. The molecule has 0 rings (SSSR count). The van der Waals surface area contributed by atoms with Crippen LogP contribution in [0.4, 0.5) is 0 Å². The number of ether oxygens (including phenoxy) is 1. The van der Waals surface area contributed by atoms with Gasteiger partial charge in [-0.2, -0.15) is 0 Å². The Morgan fingerprint density at radius 2 is 0.732 bits per heavy atom. The first-order chi connectivity index (χ1) is 35.0. The van der Waals surface area contributed by atoms with Crippen LogP contribution in [0.15, 0.2) is 36.5 Å². The topological polar surface area (TPSA) is 95.9 Å². The maximum absolute atomic E-state index is 12.5. The molecule has 0 aliphatic heterocycles. The molecule has 1 amide bonds. The predicted molar refractivity (Wildman–Crippen MR) is 310 cm³/mol. The molecule has 0 aliphatic rings. The minimum Gasteiger partial charge on any atom is -0.466 e. The summed E-state index contributed by atoms with van der Waals surface area (Å²) in [6.07, 6.45) is 76.1. The lowest BCUT2D eigenvalue weighted by molar-refractivity contribution is -0.143. The number of unbranched alkanes of at least 4 members (excludes halogenated alkanes) is 44. The van der Waals surface area contributed by atoms with Crippen LogP contribution in [0.1, 0.15) is 341 Å². The van der Waals surface area contributed by atoms with E-state index in [2.05, 4.69) is 43.5 Å². The summed E-state index contributed by atoms with van der Waals surface area (Å²) in [5.41, 5.74) is 0. The fraction of sp³-hybridized carbons (Fsp3) is 0.877. The molecule has 0 bridgehead atoms. The van der Waals surface area contributed by atoms with Crippen LogP contribution in [0.25, 0.3) is 0 Å². The monoisotopic (exact) mass is 998 g/mol. The van der Waals surface area contributed by atoms with E-state index in [-0.39, 0.29) is 18.5 Å². The SMILES string of the molecule is CCC/C=C\C/C=C\CCCCCCCC(=O)OCCCCCCCCCCCCCCCCCCCCCCC(=O)NC(CO)C(O)/C=C/CCCCCCCCCCCCCCCCCCCCC. The van der Waals surface area contributed by atoms with Crippen LogP contribution in [-0.2, 0) is 14.3 Å². The maximum atomic E-state index is 12.5. The van der Waals surface area contributed by atoms with Gasteiger partial charge in [-0.15, -0.1) is 0 Å². The Labute approximate surface area is 443 Å². The smallest absolute Gasteiger partial charge is 0.305 e. The Morgan fingerprint density at radius 3 is 1.13 bits per heavy atom. The van der Waals surface area contributed by atoms with Crippen LogP contribution < -0.4 is 5.32 Å². The molecule has 2 atom stereocenters. The van der Waals surface area contributed by atoms with E-state index < -0.39 is 12.1 Å². The average Bonchev–Trinajstić information content (AvgIpc) is 3.37. The van der Waals surface area contributed by atoms with E-state index in [4.69, 9.17) is 4.74 Å². The highest BCUT2D eigenvalue weighted by atomic mass is 16.5. The lowest BCUT2D eigenvalue weighted by atomic mass is 10.0. The summed E-state index contributed by atoms with van der Waals surface area (Å²) in [5.74, 6) is -0.0725. The van der Waals surface area contributed by atoms with Gasteiger partial charge in [-0.05, 0) is 57.8 Å². The zero-order valence-electron chi connectivity index (χ0n) is 47.7. The molecule has 418 valence electrons. The van der Waals surface area contributed by atoms with Crippen LogP contribution in [0, 0.1) is 0 Å². The second-order valence-corrected chi connectivity index (χ2v) is 21.7. The largest absolute Gasteiger partial charge is 0.466 e. The van der Waals surface area contributed by atoms with E-state index in [1.807, 2.05) is 6.08 Å². The van der Waals surface area contributed by atoms with Crippen molar-refractivity contribution in [2.75, 3.05) is 13.2 Å². The van der Waals surface area contributed by atoms with Crippen LogP contribution in [-0.4, -0.2) is 47.4 Å². The lowest BCUT2D eigenvalue weighted by Gasteiger charge is -2.20. The molecule has 3 N–H and O–H groups in total. The van der Waals surface area contributed by atoms with Gasteiger partial charge < -0.3 is 20.3 Å². The molecular formula is C65H123NO5. The Bertz CT molecular complexity index is 1150. The van der Waals surface area contributed by atoms with E-state index >= 15 is 0 Å². The first-order valence-electron chi connectivity index (χ1n) is 31.8. The van der Waals surface area contributed by atoms with Crippen molar-refractivity contribution < 1.29 is 24.5 Å². The Kier molecular flexibility index (Phi) is 59.0. The predicted octanol–water partition coefficient (Wildman–Crippen LogP) is 20.0. The minimum atomic E-state index is -0.847. The number of aliphatic hydroxyl groups excluding tert-OH is 2. The van der Waals surface area contributed by atoms with E-state index in [0.717, 1.165) is 51.4 Å². The van der Waals surface area contributed by atoms with E-state index in [0.29, 0.717) is 19.4 Å². The van der Waals surface area contributed by atoms with E-state index in [1.54, 1.807) is 6.08 Å². The number of carbonyl (C=O) groups excluding carboxylic acids is 2. The summed E-state index contributed by atoms with van der Waals surface area (Å²) in [4.78, 5) is 24.5. The Morgan fingerprint density at radius 1 is 0.394 bits per heavy atom. The zero-order chi connectivity index (χ0) is 51.4. The fourth-order valence-electron chi connectivity index (χ4n) is 9.79. The molecule has 0 aliphatic carbocycles. The van der Waals surface area contributed by atoms with Crippen molar-refractivity contribution in [1.82, 2.24) is 5.32 Å². The third-order valence-electron chi connectivity index (χ3n) is 14.6. The van der Waals surface area contributed by atoms with Crippen LogP contribution in [0.2, 0.25) is 0 Å². The van der Waals surface area contributed by atoms with Crippen molar-refractivity contribution in [3.05, 3.63) is 36.5 Å². The summed E-state index contributed by atoms with van der Waals surface area (Å²) in [6, 6.07) is -0.631. The first kappa shape index (κ1) is 69.1. The Balaban J connectivity index is 3.43. The standard InChI is InChI=1S/C65H123NO5/c1-3-5-7-9-11-13-15-17-18-19-20-21-24-27-30-34-37-41-45-49-53-57-63(68)62(61-67)66-64(69)58-54-50-46-42-38-35-31-28-25-22-23-26-29-32-36-40-44-48-52-56-60-71-65(70)59-55-51-47-43-39-33-16-14-12-10-8-6-4-2/h8,10,14,16,53,57,62-63,67-68H,3-7,9,11-13,15,17-52,54-56,58-61H2,1-2H3,(H,66,69)/b10-8-,16-14-,57-53+. The highest BCUT2D eigenvalue weighted by Gasteiger charge is 2.18. The number of esters is 1. The van der Waals surface area contributed by atoms with Gasteiger partial charge in [-0.1, -0.05) is 307 Å². The van der Waals surface area contributed by atoms with Crippen molar-refractivity contribution in [2.24, 2.45) is 0 Å². The number of amides is 1. The average molecular weight is 999 g/mol. The van der Waals surface area contributed by atoms with Gasteiger partial charge in [0.05, 0.1) is 25.4 Å². The zero-order valence-corrected chi connectivity index (χ0v) is 47.7. The molecule has 0 radical (unpaired) electrons. The van der Waals surface area contributed by atoms with Gasteiger partial charge in [0.2, 0.25) is 5.91 Å². The normalized spacial score (nSPS) is 12.8. The van der Waals surface area contributed by atoms with Gasteiger partial charge in [-0.25, -0.2) is 0 Å². The molecule has 0 saturated heterocycles. The highest BCUT2D eigenvalue weighted by molar-refractivity contribution is 5.76. The molecule has 0 fully saturated rings. The number of hydrogen-bond acceptors (Lipinski definition) is 5. The molecule has 0 heterocycles. The lowest BCUT2D eigenvalue weighted by Crippen LogP contribution is -2.45. The summed E-state index contributed by atoms with van der Waals surface area (Å²) < 4.78 is 5.47. The molecule has 6 heteroatoms. The first-order valence-corrected chi connectivity index (χ1v) is 31.8. The number of nitrogens with one attached hydrogen (secondary N) is 1. The number of hydrogen-bond donors (Lipinski definition) is 3. The molecule has 0 spiro atoms. The third-order valence-corrected chi connectivity index (χ3v) is 14.6. The van der Waals surface area contributed by atoms with Gasteiger partial charge in [-0.3, -0.25) is 9.59 Å². The van der Waals surface area contributed by atoms with Crippen molar-refractivity contribution in [3.63, 3.8) is 0 Å².